The zero-order chi connectivity index (χ0) is 13.3. The standard InChI is InChI=1S/C12H19N5O/c1-5-8-6-9(16(2)15-8)11(13)12-10(18-4)7-14-17(12)3/h6-7,11H,5,13H2,1-4H3. The fourth-order valence-corrected chi connectivity index (χ4v) is 2.09. The number of hydrogen-bond donors (Lipinski definition) is 1. The van der Waals surface area contributed by atoms with Crippen molar-refractivity contribution >= 4 is 0 Å². The summed E-state index contributed by atoms with van der Waals surface area (Å²) < 4.78 is 8.84. The van der Waals surface area contributed by atoms with Crippen LogP contribution in [0.1, 0.15) is 30.0 Å². The molecule has 1 unspecified atom stereocenters. The van der Waals surface area contributed by atoms with Gasteiger partial charge in [-0.05, 0) is 12.5 Å². The average Bonchev–Trinajstić information content (AvgIpc) is 2.91. The summed E-state index contributed by atoms with van der Waals surface area (Å²) in [4.78, 5) is 0. The Morgan fingerprint density at radius 3 is 2.67 bits per heavy atom. The molecule has 0 aliphatic rings. The Labute approximate surface area is 106 Å². The molecule has 2 aromatic rings. The minimum absolute atomic E-state index is 0.301. The zero-order valence-electron chi connectivity index (χ0n) is 11.2. The maximum atomic E-state index is 6.31. The van der Waals surface area contributed by atoms with E-state index in [0.717, 1.165) is 23.5 Å². The van der Waals surface area contributed by atoms with E-state index in [-0.39, 0.29) is 6.04 Å². The number of aryl methyl sites for hydroxylation is 3. The van der Waals surface area contributed by atoms with Crippen LogP contribution in [0.3, 0.4) is 0 Å². The minimum Gasteiger partial charge on any atom is -0.493 e. The van der Waals surface area contributed by atoms with Gasteiger partial charge in [-0.15, -0.1) is 0 Å². The monoisotopic (exact) mass is 249 g/mol. The summed E-state index contributed by atoms with van der Waals surface area (Å²) in [6.45, 7) is 2.07. The average molecular weight is 249 g/mol. The molecule has 0 radical (unpaired) electrons. The van der Waals surface area contributed by atoms with Gasteiger partial charge in [-0.25, -0.2) is 0 Å². The normalized spacial score (nSPS) is 12.7. The summed E-state index contributed by atoms with van der Waals surface area (Å²) in [5.41, 5.74) is 9.14. The molecule has 1 atom stereocenters. The van der Waals surface area contributed by atoms with Crippen LogP contribution in [0, 0.1) is 0 Å². The number of methoxy groups -OCH3 is 1. The van der Waals surface area contributed by atoms with Gasteiger partial charge in [-0.1, -0.05) is 6.92 Å². The van der Waals surface area contributed by atoms with Crippen molar-refractivity contribution in [3.63, 3.8) is 0 Å². The fourth-order valence-electron chi connectivity index (χ4n) is 2.09. The van der Waals surface area contributed by atoms with Gasteiger partial charge in [0, 0.05) is 14.1 Å². The molecule has 2 heterocycles. The van der Waals surface area contributed by atoms with Gasteiger partial charge in [0.05, 0.1) is 30.7 Å². The van der Waals surface area contributed by atoms with Crippen LogP contribution in [0.15, 0.2) is 12.3 Å². The largest absolute Gasteiger partial charge is 0.493 e. The highest BCUT2D eigenvalue weighted by atomic mass is 16.5. The molecular weight excluding hydrogens is 230 g/mol. The van der Waals surface area contributed by atoms with Crippen LogP contribution in [0.4, 0.5) is 0 Å². The zero-order valence-corrected chi connectivity index (χ0v) is 11.2. The quantitative estimate of drug-likeness (QED) is 0.869. The predicted molar refractivity (Wildman–Crippen MR) is 68.4 cm³/mol. The van der Waals surface area contributed by atoms with Crippen LogP contribution >= 0.6 is 0 Å². The van der Waals surface area contributed by atoms with E-state index in [1.54, 1.807) is 18.0 Å². The van der Waals surface area contributed by atoms with Crippen molar-refractivity contribution in [1.29, 1.82) is 0 Å². The van der Waals surface area contributed by atoms with Crippen LogP contribution in [-0.4, -0.2) is 26.7 Å². The van der Waals surface area contributed by atoms with Crippen LogP contribution in [-0.2, 0) is 20.5 Å². The lowest BCUT2D eigenvalue weighted by Crippen LogP contribution is -2.19. The molecule has 0 saturated heterocycles. The van der Waals surface area contributed by atoms with Crippen molar-refractivity contribution in [1.82, 2.24) is 19.6 Å². The molecule has 0 aromatic carbocycles. The second-order valence-electron chi connectivity index (χ2n) is 4.24. The van der Waals surface area contributed by atoms with Crippen LogP contribution in [0.2, 0.25) is 0 Å². The van der Waals surface area contributed by atoms with E-state index in [2.05, 4.69) is 17.1 Å². The number of rotatable bonds is 4. The molecule has 2 aromatic heterocycles. The Morgan fingerprint density at radius 1 is 1.39 bits per heavy atom. The first-order valence-electron chi connectivity index (χ1n) is 5.92. The second-order valence-corrected chi connectivity index (χ2v) is 4.24. The lowest BCUT2D eigenvalue weighted by Gasteiger charge is -2.14. The Hall–Kier alpha value is -1.82. The smallest absolute Gasteiger partial charge is 0.161 e. The molecule has 2 N–H and O–H groups in total. The van der Waals surface area contributed by atoms with Gasteiger partial charge in [0.2, 0.25) is 0 Å². The third-order valence-electron chi connectivity index (χ3n) is 3.11. The highest BCUT2D eigenvalue weighted by molar-refractivity contribution is 5.34. The number of nitrogens with zero attached hydrogens (tertiary/aromatic N) is 4. The van der Waals surface area contributed by atoms with E-state index in [9.17, 15) is 0 Å². The van der Waals surface area contributed by atoms with Crippen molar-refractivity contribution in [3.05, 3.63) is 29.3 Å². The number of hydrogen-bond acceptors (Lipinski definition) is 4. The van der Waals surface area contributed by atoms with Crippen LogP contribution < -0.4 is 10.5 Å². The maximum Gasteiger partial charge on any atom is 0.161 e. The van der Waals surface area contributed by atoms with E-state index in [1.165, 1.54) is 0 Å². The Balaban J connectivity index is 2.43. The van der Waals surface area contributed by atoms with Crippen molar-refractivity contribution in [2.24, 2.45) is 19.8 Å². The van der Waals surface area contributed by atoms with Gasteiger partial charge in [0.1, 0.15) is 5.69 Å². The van der Waals surface area contributed by atoms with Crippen molar-refractivity contribution < 1.29 is 4.74 Å². The van der Waals surface area contributed by atoms with Crippen molar-refractivity contribution in [2.75, 3.05) is 7.11 Å². The van der Waals surface area contributed by atoms with Crippen LogP contribution in [0.25, 0.3) is 0 Å². The van der Waals surface area contributed by atoms with Gasteiger partial charge in [-0.2, -0.15) is 10.2 Å². The third kappa shape index (κ3) is 1.99. The first-order chi connectivity index (χ1) is 8.58. The Bertz CT molecular complexity index is 543. The van der Waals surface area contributed by atoms with Gasteiger partial charge in [0.25, 0.3) is 0 Å². The summed E-state index contributed by atoms with van der Waals surface area (Å²) in [6.07, 6.45) is 2.56. The first-order valence-corrected chi connectivity index (χ1v) is 5.92. The molecule has 0 saturated carbocycles. The SMILES string of the molecule is CCc1cc(C(N)c2c(OC)cnn2C)n(C)n1. The number of nitrogens with two attached hydrogens (primary N) is 1. The molecule has 0 bridgehead atoms. The summed E-state index contributed by atoms with van der Waals surface area (Å²) in [6, 6.07) is 1.72. The number of ether oxygens (including phenoxy) is 1. The third-order valence-corrected chi connectivity index (χ3v) is 3.11. The molecule has 98 valence electrons. The summed E-state index contributed by atoms with van der Waals surface area (Å²) in [7, 11) is 5.37. The van der Waals surface area contributed by atoms with Gasteiger partial charge in [0.15, 0.2) is 5.75 Å². The van der Waals surface area contributed by atoms with Crippen molar-refractivity contribution in [2.45, 2.75) is 19.4 Å². The molecule has 0 fully saturated rings. The molecule has 6 nitrogen and oxygen atoms in total. The topological polar surface area (TPSA) is 70.9 Å². The molecule has 2 rings (SSSR count). The lowest BCUT2D eigenvalue weighted by atomic mass is 10.1. The lowest BCUT2D eigenvalue weighted by molar-refractivity contribution is 0.405. The molecular formula is C12H19N5O. The summed E-state index contributed by atoms with van der Waals surface area (Å²) in [5.74, 6) is 0.698. The van der Waals surface area contributed by atoms with Gasteiger partial charge < -0.3 is 10.5 Å². The minimum atomic E-state index is -0.301. The van der Waals surface area contributed by atoms with Crippen LogP contribution in [0.5, 0.6) is 5.75 Å². The van der Waals surface area contributed by atoms with E-state index >= 15 is 0 Å². The molecule has 0 aliphatic heterocycles. The summed E-state index contributed by atoms with van der Waals surface area (Å²) in [5, 5.41) is 8.58. The maximum absolute atomic E-state index is 6.31. The highest BCUT2D eigenvalue weighted by Crippen LogP contribution is 2.27. The van der Waals surface area contributed by atoms with E-state index in [1.807, 2.05) is 24.8 Å². The Kier molecular flexibility index (Phi) is 3.38. The molecule has 0 amide bonds. The number of aromatic nitrogens is 4. The highest BCUT2D eigenvalue weighted by Gasteiger charge is 2.22. The van der Waals surface area contributed by atoms with E-state index in [0.29, 0.717) is 5.75 Å². The van der Waals surface area contributed by atoms with Gasteiger partial charge >= 0.3 is 0 Å². The molecule has 18 heavy (non-hydrogen) atoms. The molecule has 0 spiro atoms. The van der Waals surface area contributed by atoms with Crippen molar-refractivity contribution in [3.8, 4) is 5.75 Å². The molecule has 0 aliphatic carbocycles. The van der Waals surface area contributed by atoms with E-state index < -0.39 is 0 Å². The molecule has 6 heteroatoms. The Morgan fingerprint density at radius 2 is 2.11 bits per heavy atom. The predicted octanol–water partition coefficient (Wildman–Crippen LogP) is 0.773. The summed E-state index contributed by atoms with van der Waals surface area (Å²) >= 11 is 0. The van der Waals surface area contributed by atoms with E-state index in [4.69, 9.17) is 10.5 Å². The fraction of sp³-hybridized carbons (Fsp3) is 0.500. The second kappa shape index (κ2) is 4.81. The van der Waals surface area contributed by atoms with Gasteiger partial charge in [-0.3, -0.25) is 9.36 Å². The first kappa shape index (κ1) is 12.6.